The van der Waals surface area contributed by atoms with Crippen LogP contribution in [0.4, 0.5) is 0 Å². The van der Waals surface area contributed by atoms with Crippen molar-refractivity contribution in [2.45, 2.75) is 140 Å². The van der Waals surface area contributed by atoms with E-state index in [1.807, 2.05) is 0 Å². The fourth-order valence-electron chi connectivity index (χ4n) is 7.45. The number of carbonyl (C=O) groups excluding carboxylic acids is 7. The molecule has 412 valence electrons. The van der Waals surface area contributed by atoms with Crippen molar-refractivity contribution in [1.29, 1.82) is 0 Å². The van der Waals surface area contributed by atoms with Crippen molar-refractivity contribution in [3.05, 3.63) is 59.7 Å². The molecule has 0 aliphatic rings. The summed E-state index contributed by atoms with van der Waals surface area (Å²) in [5.41, 5.74) is 28.9. The molecule has 0 aromatic heterocycles. The minimum absolute atomic E-state index is 0.0451. The quantitative estimate of drug-likeness (QED) is 0.0193. The maximum atomic E-state index is 14.6. The lowest BCUT2D eigenvalue weighted by Gasteiger charge is -2.29. The van der Waals surface area contributed by atoms with Crippen molar-refractivity contribution in [1.82, 2.24) is 37.2 Å². The van der Waals surface area contributed by atoms with Gasteiger partial charge in [0.15, 0.2) is 5.96 Å². The van der Waals surface area contributed by atoms with Gasteiger partial charge in [0.25, 0.3) is 0 Å². The van der Waals surface area contributed by atoms with Gasteiger partial charge < -0.3 is 86.3 Å². The van der Waals surface area contributed by atoms with E-state index in [1.165, 1.54) is 48.5 Å². The highest BCUT2D eigenvalue weighted by Gasteiger charge is 2.36. The van der Waals surface area contributed by atoms with Crippen LogP contribution >= 0.6 is 0 Å². The predicted octanol–water partition coefficient (Wildman–Crippen LogP) is -2.70. The van der Waals surface area contributed by atoms with Crippen LogP contribution in [0.1, 0.15) is 90.2 Å². The molecule has 0 radical (unpaired) electrons. The number of aliphatic hydroxyl groups excluding tert-OH is 1. The Morgan fingerprint density at radius 1 is 0.500 bits per heavy atom. The molecule has 2 rings (SSSR count). The summed E-state index contributed by atoms with van der Waals surface area (Å²) in [6, 6.07) is 0.853. The molecule has 21 N–H and O–H groups in total. The number of nitrogens with zero attached hydrogens (tertiary/aromatic N) is 1. The van der Waals surface area contributed by atoms with Crippen LogP contribution in [0.25, 0.3) is 0 Å². The van der Waals surface area contributed by atoms with E-state index in [0.29, 0.717) is 43.4 Å². The predicted molar refractivity (Wildman–Crippen MR) is 275 cm³/mol. The molecular weight excluding hydrogens is 963 g/mol. The highest BCUT2D eigenvalue weighted by molar-refractivity contribution is 5.98. The van der Waals surface area contributed by atoms with Crippen molar-refractivity contribution in [2.75, 3.05) is 26.2 Å². The van der Waals surface area contributed by atoms with E-state index in [4.69, 9.17) is 28.7 Å². The van der Waals surface area contributed by atoms with Gasteiger partial charge in [0, 0.05) is 19.4 Å². The second-order valence-electron chi connectivity index (χ2n) is 18.7. The zero-order chi connectivity index (χ0) is 55.5. The molecule has 25 heteroatoms. The Morgan fingerprint density at radius 3 is 1.26 bits per heavy atom. The SMILES string of the molecule is CC(C)[C@H](NC(=O)[C@H](CCCN=C(N)N)NC(=O)[C@@H](NC(=O)[C@@H](N)CO)C(C)C)C(=O)N[C@@H](Cc1ccc(O)cc1)C(=O)N[C@@H](Cc1ccc(O)cc1)C(=O)N[C@@H](CCCCN)C(=O)N[C@@H](CCCCN)C(=O)O. The van der Waals surface area contributed by atoms with Crippen molar-refractivity contribution >= 4 is 53.3 Å². The molecule has 0 saturated heterocycles. The largest absolute Gasteiger partial charge is 0.508 e. The van der Waals surface area contributed by atoms with E-state index in [2.05, 4.69) is 42.2 Å². The minimum Gasteiger partial charge on any atom is -0.508 e. The first-order chi connectivity index (χ1) is 35.0. The Kier molecular flexibility index (Phi) is 28.0. The number of aromatic hydroxyl groups is 2. The molecule has 0 aliphatic carbocycles. The smallest absolute Gasteiger partial charge is 0.326 e. The number of phenolic OH excluding ortho intramolecular Hbond substituents is 2. The molecule has 0 spiro atoms. The van der Waals surface area contributed by atoms with E-state index in [9.17, 15) is 58.8 Å². The topological polar surface area (TPSA) is 444 Å². The lowest BCUT2D eigenvalue weighted by molar-refractivity contribution is -0.142. The third-order valence-corrected chi connectivity index (χ3v) is 11.8. The molecule has 25 nitrogen and oxygen atoms in total. The van der Waals surface area contributed by atoms with E-state index in [0.717, 1.165) is 0 Å². The number of hydrogen-bond acceptors (Lipinski definition) is 15. The first-order valence-corrected chi connectivity index (χ1v) is 24.7. The Bertz CT molecular complexity index is 2160. The summed E-state index contributed by atoms with van der Waals surface area (Å²) < 4.78 is 0. The van der Waals surface area contributed by atoms with Crippen molar-refractivity contribution in [2.24, 2.45) is 45.5 Å². The zero-order valence-corrected chi connectivity index (χ0v) is 42.7. The van der Waals surface area contributed by atoms with Crippen molar-refractivity contribution < 1.29 is 58.8 Å². The number of nitrogens with two attached hydrogens (primary N) is 5. The van der Waals surface area contributed by atoms with Crippen LogP contribution in [0.3, 0.4) is 0 Å². The zero-order valence-electron chi connectivity index (χ0n) is 42.7. The Morgan fingerprint density at radius 2 is 0.851 bits per heavy atom. The highest BCUT2D eigenvalue weighted by Crippen LogP contribution is 2.16. The molecule has 0 fully saturated rings. The number of aliphatic imine (C=N–C) groups is 1. The Labute approximate surface area is 431 Å². The summed E-state index contributed by atoms with van der Waals surface area (Å²) in [6.07, 6.45) is 1.63. The van der Waals surface area contributed by atoms with Gasteiger partial charge in [0.2, 0.25) is 41.4 Å². The maximum Gasteiger partial charge on any atom is 0.326 e. The average molecular weight is 1040 g/mol. The third kappa shape index (κ3) is 22.8. The van der Waals surface area contributed by atoms with E-state index in [1.54, 1.807) is 27.7 Å². The van der Waals surface area contributed by atoms with E-state index < -0.39 is 114 Å². The van der Waals surface area contributed by atoms with Gasteiger partial charge >= 0.3 is 5.97 Å². The highest BCUT2D eigenvalue weighted by atomic mass is 16.4. The second-order valence-corrected chi connectivity index (χ2v) is 18.7. The van der Waals surface area contributed by atoms with Crippen LogP contribution in [0.15, 0.2) is 53.5 Å². The number of hydrogen-bond donors (Lipinski definition) is 16. The number of carboxylic acid groups (broad SMARTS) is 1. The number of amides is 7. The van der Waals surface area contributed by atoms with Gasteiger partial charge in [-0.3, -0.25) is 38.6 Å². The molecule has 2 aromatic rings. The lowest BCUT2D eigenvalue weighted by Crippen LogP contribution is -2.61. The maximum absolute atomic E-state index is 14.6. The molecule has 0 bridgehead atoms. The van der Waals surface area contributed by atoms with Crippen LogP contribution < -0.4 is 65.9 Å². The Hall–Kier alpha value is -7.09. The summed E-state index contributed by atoms with van der Waals surface area (Å²) in [5, 5.41) is 57.7. The van der Waals surface area contributed by atoms with Crippen LogP contribution in [-0.4, -0.2) is 148 Å². The molecular formula is C49H79N13O12. The molecule has 0 saturated carbocycles. The van der Waals surface area contributed by atoms with Crippen molar-refractivity contribution in [3.63, 3.8) is 0 Å². The van der Waals surface area contributed by atoms with E-state index in [-0.39, 0.29) is 69.1 Å². The molecule has 0 unspecified atom stereocenters. The summed E-state index contributed by atoms with van der Waals surface area (Å²) in [6.45, 7) is 6.49. The molecule has 74 heavy (non-hydrogen) atoms. The molecule has 0 aliphatic heterocycles. The number of nitrogens with one attached hydrogen (secondary N) is 7. The van der Waals surface area contributed by atoms with Crippen LogP contribution in [-0.2, 0) is 51.2 Å². The van der Waals surface area contributed by atoms with Gasteiger partial charge in [0.05, 0.1) is 6.61 Å². The number of unbranched alkanes of at least 4 members (excludes halogenated alkanes) is 2. The van der Waals surface area contributed by atoms with Crippen LogP contribution in [0.2, 0.25) is 0 Å². The van der Waals surface area contributed by atoms with Gasteiger partial charge in [-0.25, -0.2) is 4.79 Å². The second kappa shape index (κ2) is 32.9. The summed E-state index contributed by atoms with van der Waals surface area (Å²) in [7, 11) is 0. The molecule has 8 atom stereocenters. The standard InChI is InChI=1S/C49H79N13O12/c1-27(2)39(61-41(66)33(52)26-63)46(71)57-35(12-9-23-55-49(53)54)43(68)62-40(28(3)4)47(72)60-38(25-30-15-19-32(65)20-16-30)45(70)59-37(24-29-13-17-31(64)18-14-29)44(69)56-34(10-5-7-21-50)42(67)58-36(48(73)74)11-6-8-22-51/h13-20,27-28,33-40,63-65H,5-12,21-26,50-52H2,1-4H3,(H,56,69)(H,57,71)(H,58,67)(H,59,70)(H,60,72)(H,61,66)(H,62,68)(H,73,74)(H4,53,54,55)/t33-,34-,35-,36-,37-,38-,39-,40-/m0/s1. The first-order valence-electron chi connectivity index (χ1n) is 24.7. The van der Waals surface area contributed by atoms with Crippen LogP contribution in [0, 0.1) is 11.8 Å². The van der Waals surface area contributed by atoms with E-state index >= 15 is 0 Å². The lowest BCUT2D eigenvalue weighted by atomic mass is 9.99. The number of aliphatic hydroxyl groups is 1. The normalized spacial score (nSPS) is 14.4. The molecule has 2 aromatic carbocycles. The Balaban J connectivity index is 2.57. The summed E-state index contributed by atoms with van der Waals surface area (Å²) in [4.78, 5) is 114. The summed E-state index contributed by atoms with van der Waals surface area (Å²) >= 11 is 0. The number of guanidine groups is 1. The average Bonchev–Trinajstić information content (AvgIpc) is 3.34. The molecule has 7 amide bonds. The fraction of sp³-hybridized carbons (Fsp3) is 0.571. The van der Waals surface area contributed by atoms with Gasteiger partial charge in [-0.1, -0.05) is 52.0 Å². The first kappa shape index (κ1) is 63.0. The number of carboxylic acids is 1. The van der Waals surface area contributed by atoms with Crippen molar-refractivity contribution in [3.8, 4) is 11.5 Å². The van der Waals surface area contributed by atoms with Gasteiger partial charge in [-0.2, -0.15) is 0 Å². The number of aliphatic carboxylic acids is 1. The number of rotatable bonds is 34. The molecule has 0 heterocycles. The number of benzene rings is 2. The minimum atomic E-state index is -1.47. The van der Waals surface area contributed by atoms with Gasteiger partial charge in [-0.15, -0.1) is 0 Å². The monoisotopic (exact) mass is 1040 g/mol. The van der Waals surface area contributed by atoms with Crippen LogP contribution in [0.5, 0.6) is 11.5 Å². The number of carbonyl (C=O) groups is 8. The number of phenols is 2. The third-order valence-electron chi connectivity index (χ3n) is 11.8. The fourth-order valence-corrected chi connectivity index (χ4v) is 7.45. The summed E-state index contributed by atoms with van der Waals surface area (Å²) in [5.74, 6) is -8.58. The van der Waals surface area contributed by atoms with Gasteiger partial charge in [-0.05, 0) is 112 Å². The van der Waals surface area contributed by atoms with Gasteiger partial charge in [0.1, 0.15) is 59.8 Å².